The number of anilines is 1. The first-order chi connectivity index (χ1) is 12.7. The van der Waals surface area contributed by atoms with E-state index >= 15 is 0 Å². The fourth-order valence-corrected chi connectivity index (χ4v) is 3.85. The van der Waals surface area contributed by atoms with Crippen LogP contribution in [0, 0.1) is 13.8 Å². The van der Waals surface area contributed by atoms with E-state index < -0.39 is 0 Å². The molecule has 134 valence electrons. The maximum Gasteiger partial charge on any atom is 0.135 e. The van der Waals surface area contributed by atoms with Gasteiger partial charge in [0.15, 0.2) is 0 Å². The van der Waals surface area contributed by atoms with E-state index in [0.29, 0.717) is 5.92 Å². The summed E-state index contributed by atoms with van der Waals surface area (Å²) in [6.45, 7) is 6.08. The predicted octanol–water partition coefficient (Wildman–Crippen LogP) is 3.79. The van der Waals surface area contributed by atoms with Crippen molar-refractivity contribution < 1.29 is 0 Å². The molecule has 0 bridgehead atoms. The van der Waals surface area contributed by atoms with Crippen LogP contribution in [0.1, 0.15) is 47.0 Å². The van der Waals surface area contributed by atoms with Gasteiger partial charge in [-0.25, -0.2) is 9.97 Å². The minimum Gasteiger partial charge on any atom is -0.356 e. The Morgan fingerprint density at radius 2 is 1.85 bits per heavy atom. The van der Waals surface area contributed by atoms with Crippen LogP contribution in [-0.4, -0.2) is 33.3 Å². The molecule has 1 saturated heterocycles. The van der Waals surface area contributed by atoms with E-state index in [0.717, 1.165) is 49.6 Å². The van der Waals surface area contributed by atoms with Crippen molar-refractivity contribution in [3.63, 3.8) is 0 Å². The average Bonchev–Trinajstić information content (AvgIpc) is 3.13. The molecule has 4 rings (SSSR count). The van der Waals surface area contributed by atoms with E-state index in [1.165, 1.54) is 16.8 Å². The molecule has 0 spiro atoms. The molecule has 1 aliphatic heterocycles. The lowest BCUT2D eigenvalue weighted by molar-refractivity contribution is 0.490. The highest BCUT2D eigenvalue weighted by Crippen LogP contribution is 2.32. The second-order valence-electron chi connectivity index (χ2n) is 7.16. The number of rotatable bonds is 4. The fraction of sp³-hybridized carbons (Fsp3) is 0.381. The molecule has 1 N–H and O–H groups in total. The zero-order chi connectivity index (χ0) is 17.9. The van der Waals surface area contributed by atoms with Crippen LogP contribution in [0.25, 0.3) is 0 Å². The number of piperidine rings is 1. The van der Waals surface area contributed by atoms with Crippen LogP contribution in [0.4, 0.5) is 5.82 Å². The first-order valence-electron chi connectivity index (χ1n) is 9.32. The summed E-state index contributed by atoms with van der Waals surface area (Å²) in [6, 6.07) is 10.6. The van der Waals surface area contributed by atoms with Crippen LogP contribution in [0.5, 0.6) is 0 Å². The van der Waals surface area contributed by atoms with Gasteiger partial charge in [-0.05, 0) is 37.8 Å². The minimum atomic E-state index is 0.538. The zero-order valence-electron chi connectivity index (χ0n) is 15.4. The van der Waals surface area contributed by atoms with Gasteiger partial charge in [-0.1, -0.05) is 30.3 Å². The van der Waals surface area contributed by atoms with Crippen molar-refractivity contribution in [1.29, 1.82) is 0 Å². The molecule has 5 nitrogen and oxygen atoms in total. The number of hydrogen-bond acceptors (Lipinski definition) is 4. The fourth-order valence-electron chi connectivity index (χ4n) is 3.85. The molecular formula is C21H25N5. The number of nitrogens with one attached hydrogen (secondary N) is 1. The first kappa shape index (κ1) is 16.8. The Hall–Kier alpha value is -2.69. The van der Waals surface area contributed by atoms with Crippen molar-refractivity contribution in [2.45, 2.75) is 39.0 Å². The Morgan fingerprint density at radius 3 is 2.62 bits per heavy atom. The molecule has 0 aliphatic carbocycles. The van der Waals surface area contributed by atoms with Gasteiger partial charge in [0.05, 0.1) is 6.20 Å². The third kappa shape index (κ3) is 3.47. The van der Waals surface area contributed by atoms with Crippen LogP contribution in [-0.2, 0) is 6.42 Å². The van der Waals surface area contributed by atoms with Crippen LogP contribution in [0.2, 0.25) is 0 Å². The van der Waals surface area contributed by atoms with Gasteiger partial charge in [0.2, 0.25) is 0 Å². The first-order valence-corrected chi connectivity index (χ1v) is 9.32. The van der Waals surface area contributed by atoms with E-state index in [4.69, 9.17) is 0 Å². The van der Waals surface area contributed by atoms with Crippen molar-refractivity contribution in [1.82, 2.24) is 20.2 Å². The highest BCUT2D eigenvalue weighted by atomic mass is 15.2. The van der Waals surface area contributed by atoms with E-state index in [1.54, 1.807) is 0 Å². The lowest BCUT2D eigenvalue weighted by Gasteiger charge is -2.33. The molecule has 3 heterocycles. The molecule has 1 aromatic carbocycles. The Morgan fingerprint density at radius 1 is 1.08 bits per heavy atom. The Balaban J connectivity index is 1.46. The molecule has 1 fully saturated rings. The summed E-state index contributed by atoms with van der Waals surface area (Å²) < 4.78 is 0. The van der Waals surface area contributed by atoms with Crippen molar-refractivity contribution in [3.8, 4) is 0 Å². The van der Waals surface area contributed by atoms with Gasteiger partial charge in [0, 0.05) is 42.9 Å². The van der Waals surface area contributed by atoms with Crippen LogP contribution < -0.4 is 4.90 Å². The maximum atomic E-state index is 4.65. The highest BCUT2D eigenvalue weighted by Gasteiger charge is 2.25. The number of benzene rings is 1. The van der Waals surface area contributed by atoms with E-state index in [9.17, 15) is 0 Å². The summed E-state index contributed by atoms with van der Waals surface area (Å²) in [7, 11) is 0. The van der Waals surface area contributed by atoms with Crippen molar-refractivity contribution in [2.75, 3.05) is 18.0 Å². The smallest absolute Gasteiger partial charge is 0.135 e. The number of aromatic amines is 1. The topological polar surface area (TPSA) is 57.7 Å². The molecule has 1 aliphatic rings. The third-order valence-corrected chi connectivity index (χ3v) is 5.26. The molecule has 2 aromatic heterocycles. The van der Waals surface area contributed by atoms with Gasteiger partial charge in [0.1, 0.15) is 11.6 Å². The summed E-state index contributed by atoms with van der Waals surface area (Å²) in [5.74, 6) is 2.47. The standard InChI is InChI=1S/C21H25N5/c1-15-13-22-16(2)24-21(15)26-10-8-18(9-11-26)20-19(14-23-25-20)12-17-6-4-3-5-7-17/h3-7,13-14,18H,8-12H2,1-2H3,(H,23,25). The number of nitrogens with zero attached hydrogens (tertiary/aromatic N) is 4. The molecular weight excluding hydrogens is 322 g/mol. The van der Waals surface area contributed by atoms with E-state index in [2.05, 4.69) is 62.3 Å². The SMILES string of the molecule is Cc1ncc(C)c(N2CCC(c3[nH]ncc3Cc3ccccc3)CC2)n1. The summed E-state index contributed by atoms with van der Waals surface area (Å²) in [4.78, 5) is 11.3. The molecule has 0 atom stereocenters. The quantitative estimate of drug-likeness (QED) is 0.780. The maximum absolute atomic E-state index is 4.65. The summed E-state index contributed by atoms with van der Waals surface area (Å²) in [5, 5.41) is 7.61. The Bertz CT molecular complexity index is 863. The molecule has 3 aromatic rings. The van der Waals surface area contributed by atoms with E-state index in [1.807, 2.05) is 19.3 Å². The second-order valence-corrected chi connectivity index (χ2v) is 7.16. The number of aryl methyl sites for hydroxylation is 2. The number of aromatic nitrogens is 4. The van der Waals surface area contributed by atoms with Gasteiger partial charge < -0.3 is 4.90 Å². The molecule has 0 unspecified atom stereocenters. The molecule has 0 radical (unpaired) electrons. The lowest BCUT2D eigenvalue weighted by Crippen LogP contribution is -2.34. The average molecular weight is 347 g/mol. The van der Waals surface area contributed by atoms with Gasteiger partial charge in [-0.3, -0.25) is 5.10 Å². The van der Waals surface area contributed by atoms with E-state index in [-0.39, 0.29) is 0 Å². The Kier molecular flexibility index (Phi) is 4.69. The van der Waals surface area contributed by atoms with Crippen molar-refractivity contribution in [3.05, 3.63) is 70.9 Å². The number of H-pyrrole nitrogens is 1. The van der Waals surface area contributed by atoms with Gasteiger partial charge >= 0.3 is 0 Å². The van der Waals surface area contributed by atoms with Crippen LogP contribution in [0.3, 0.4) is 0 Å². The van der Waals surface area contributed by atoms with Gasteiger partial charge in [0.25, 0.3) is 0 Å². The lowest BCUT2D eigenvalue weighted by atomic mass is 9.89. The van der Waals surface area contributed by atoms with Gasteiger partial charge in [-0.2, -0.15) is 5.10 Å². The normalized spacial score (nSPS) is 15.4. The van der Waals surface area contributed by atoms with Crippen molar-refractivity contribution in [2.24, 2.45) is 0 Å². The molecule has 5 heteroatoms. The molecule has 0 amide bonds. The van der Waals surface area contributed by atoms with Crippen LogP contribution >= 0.6 is 0 Å². The highest BCUT2D eigenvalue weighted by molar-refractivity contribution is 5.46. The van der Waals surface area contributed by atoms with Gasteiger partial charge in [-0.15, -0.1) is 0 Å². The summed E-state index contributed by atoms with van der Waals surface area (Å²) >= 11 is 0. The Labute approximate surface area is 154 Å². The largest absolute Gasteiger partial charge is 0.356 e. The second kappa shape index (κ2) is 7.28. The summed E-state index contributed by atoms with van der Waals surface area (Å²) in [5.41, 5.74) is 5.12. The molecule has 0 saturated carbocycles. The summed E-state index contributed by atoms with van der Waals surface area (Å²) in [6.07, 6.45) is 7.10. The monoisotopic (exact) mass is 347 g/mol. The molecule has 26 heavy (non-hydrogen) atoms. The van der Waals surface area contributed by atoms with Crippen LogP contribution in [0.15, 0.2) is 42.7 Å². The van der Waals surface area contributed by atoms with Crippen molar-refractivity contribution >= 4 is 5.82 Å². The number of hydrogen-bond donors (Lipinski definition) is 1. The minimum absolute atomic E-state index is 0.538. The zero-order valence-corrected chi connectivity index (χ0v) is 15.4. The predicted molar refractivity (Wildman–Crippen MR) is 104 cm³/mol. The third-order valence-electron chi connectivity index (χ3n) is 5.26.